The topological polar surface area (TPSA) is 101 Å². The Bertz CT molecular complexity index is 805. The second kappa shape index (κ2) is 15.4. The molecular formula is C24H30O8. The van der Waals surface area contributed by atoms with Crippen LogP contribution in [0.1, 0.15) is 18.1 Å². The Labute approximate surface area is 188 Å². The summed E-state index contributed by atoms with van der Waals surface area (Å²) in [4.78, 5) is 22.8. The van der Waals surface area contributed by atoms with Crippen LogP contribution >= 0.6 is 0 Å². The third-order valence-electron chi connectivity index (χ3n) is 3.85. The van der Waals surface area contributed by atoms with Gasteiger partial charge < -0.3 is 28.8 Å². The zero-order chi connectivity index (χ0) is 23.8. The summed E-state index contributed by atoms with van der Waals surface area (Å²) in [7, 11) is 3.18. The molecular weight excluding hydrogens is 416 g/mol. The predicted molar refractivity (Wildman–Crippen MR) is 118 cm³/mol. The Kier molecular flexibility index (Phi) is 12.9. The van der Waals surface area contributed by atoms with Crippen molar-refractivity contribution in [2.24, 2.45) is 0 Å². The van der Waals surface area contributed by atoms with Gasteiger partial charge in [-0.05, 0) is 42.3 Å². The quantitative estimate of drug-likeness (QED) is 0.257. The molecule has 0 saturated heterocycles. The molecule has 0 unspecified atom stereocenters. The van der Waals surface area contributed by atoms with Gasteiger partial charge in [0.2, 0.25) is 0 Å². The first-order valence-corrected chi connectivity index (χ1v) is 9.82. The van der Waals surface area contributed by atoms with Crippen LogP contribution in [0.2, 0.25) is 0 Å². The first-order chi connectivity index (χ1) is 15.4. The minimum Gasteiger partial charge on any atom is -0.497 e. The van der Waals surface area contributed by atoms with Gasteiger partial charge in [0.15, 0.2) is 0 Å². The highest BCUT2D eigenvalue weighted by molar-refractivity contribution is 6.29. The van der Waals surface area contributed by atoms with E-state index in [0.717, 1.165) is 22.4 Å². The highest BCUT2D eigenvalue weighted by atomic mass is 16.6. The third-order valence-corrected chi connectivity index (χ3v) is 3.85. The summed E-state index contributed by atoms with van der Waals surface area (Å²) in [6, 6.07) is 14.3. The van der Waals surface area contributed by atoms with Gasteiger partial charge in [-0.3, -0.25) is 0 Å². The number of aliphatic hydroxyl groups excluding tert-OH is 1. The largest absolute Gasteiger partial charge is 0.497 e. The number of hydrogen-bond donors (Lipinski definition) is 1. The van der Waals surface area contributed by atoms with E-state index in [4.69, 9.17) is 28.8 Å². The number of benzene rings is 2. The number of carbonyl (C=O) groups excluding carboxylic acids is 2. The number of methoxy groups -OCH3 is 2. The van der Waals surface area contributed by atoms with Crippen molar-refractivity contribution in [3.63, 3.8) is 0 Å². The molecule has 32 heavy (non-hydrogen) atoms. The van der Waals surface area contributed by atoms with Crippen molar-refractivity contribution in [2.75, 3.05) is 34.0 Å². The van der Waals surface area contributed by atoms with E-state index in [1.54, 1.807) is 38.5 Å². The number of carbonyl (C=O) groups is 2. The van der Waals surface area contributed by atoms with Crippen LogP contribution in [0.25, 0.3) is 0 Å². The zero-order valence-corrected chi connectivity index (χ0v) is 18.7. The molecule has 2 aromatic rings. The number of esters is 2. The molecule has 0 heterocycles. The lowest BCUT2D eigenvalue weighted by Gasteiger charge is -2.07. The van der Waals surface area contributed by atoms with Gasteiger partial charge >= 0.3 is 11.9 Å². The van der Waals surface area contributed by atoms with Gasteiger partial charge in [0.05, 0.1) is 34.0 Å². The smallest absolute Gasteiger partial charge is 0.417 e. The van der Waals surface area contributed by atoms with Gasteiger partial charge in [-0.1, -0.05) is 36.4 Å². The van der Waals surface area contributed by atoms with Crippen molar-refractivity contribution in [1.29, 1.82) is 0 Å². The van der Waals surface area contributed by atoms with E-state index in [2.05, 4.69) is 6.58 Å². The fourth-order valence-electron chi connectivity index (χ4n) is 2.16. The first kappa shape index (κ1) is 26.7. The van der Waals surface area contributed by atoms with Gasteiger partial charge in [-0.25, -0.2) is 9.59 Å². The minimum atomic E-state index is -1.03. The molecule has 174 valence electrons. The number of ether oxygens (including phenoxy) is 5. The molecule has 0 amide bonds. The fraction of sp³-hybridized carbons (Fsp3) is 0.333. The molecule has 0 aliphatic heterocycles. The van der Waals surface area contributed by atoms with Gasteiger partial charge in [-0.15, -0.1) is 0 Å². The van der Waals surface area contributed by atoms with Crippen LogP contribution in [0.4, 0.5) is 0 Å². The first-order valence-electron chi connectivity index (χ1n) is 9.82. The second-order valence-corrected chi connectivity index (χ2v) is 6.58. The summed E-state index contributed by atoms with van der Waals surface area (Å²) in [6.45, 7) is 6.14. The van der Waals surface area contributed by atoms with Crippen molar-refractivity contribution in [1.82, 2.24) is 0 Å². The lowest BCUT2D eigenvalue weighted by Crippen LogP contribution is -2.22. The van der Waals surface area contributed by atoms with Crippen molar-refractivity contribution < 1.29 is 38.4 Å². The molecule has 1 N–H and O–H groups in total. The lowest BCUT2D eigenvalue weighted by atomic mass is 10.2. The van der Waals surface area contributed by atoms with E-state index in [9.17, 15) is 9.59 Å². The number of rotatable bonds is 10. The number of aliphatic hydroxyl groups is 1. The van der Waals surface area contributed by atoms with Crippen LogP contribution in [-0.4, -0.2) is 51.1 Å². The SMILES string of the molecule is C=C(C)COCCOC(=O)C(=O)OCc1ccc(OC)cc1.COc1ccc(CO)cc1. The van der Waals surface area contributed by atoms with Crippen molar-refractivity contribution in [3.8, 4) is 11.5 Å². The average molecular weight is 446 g/mol. The Balaban J connectivity index is 0.000000425. The van der Waals surface area contributed by atoms with Crippen LogP contribution in [-0.2, 0) is 37.0 Å². The Morgan fingerprint density at radius 3 is 1.78 bits per heavy atom. The molecule has 8 heteroatoms. The van der Waals surface area contributed by atoms with E-state index < -0.39 is 11.9 Å². The van der Waals surface area contributed by atoms with Gasteiger partial charge in [-0.2, -0.15) is 0 Å². The normalized spacial score (nSPS) is 9.75. The van der Waals surface area contributed by atoms with Crippen LogP contribution < -0.4 is 9.47 Å². The molecule has 0 spiro atoms. The summed E-state index contributed by atoms with van der Waals surface area (Å²) < 4.78 is 24.7. The monoisotopic (exact) mass is 446 g/mol. The van der Waals surface area contributed by atoms with Crippen molar-refractivity contribution in [2.45, 2.75) is 20.1 Å². The molecule has 0 radical (unpaired) electrons. The van der Waals surface area contributed by atoms with Gasteiger partial charge in [0.1, 0.15) is 24.7 Å². The molecule has 2 rings (SSSR count). The fourth-order valence-corrected chi connectivity index (χ4v) is 2.16. The summed E-state index contributed by atoms with van der Waals surface area (Å²) in [6.07, 6.45) is 0. The summed E-state index contributed by atoms with van der Waals surface area (Å²) >= 11 is 0. The van der Waals surface area contributed by atoms with E-state index >= 15 is 0 Å². The Morgan fingerprint density at radius 1 is 0.812 bits per heavy atom. The van der Waals surface area contributed by atoms with E-state index in [0.29, 0.717) is 12.4 Å². The molecule has 0 aliphatic rings. The van der Waals surface area contributed by atoms with E-state index in [1.165, 1.54) is 0 Å². The van der Waals surface area contributed by atoms with Crippen LogP contribution in [0.15, 0.2) is 60.7 Å². The second-order valence-electron chi connectivity index (χ2n) is 6.58. The summed E-state index contributed by atoms with van der Waals surface area (Å²) in [5.74, 6) is -0.551. The molecule has 0 aromatic heterocycles. The molecule has 2 aromatic carbocycles. The van der Waals surface area contributed by atoms with Gasteiger partial charge in [0, 0.05) is 0 Å². The molecule has 0 fully saturated rings. The van der Waals surface area contributed by atoms with Crippen LogP contribution in [0.5, 0.6) is 11.5 Å². The maximum absolute atomic E-state index is 11.4. The third kappa shape index (κ3) is 11.1. The van der Waals surface area contributed by atoms with E-state index in [1.807, 2.05) is 31.2 Å². The van der Waals surface area contributed by atoms with Gasteiger partial charge in [0.25, 0.3) is 0 Å². The van der Waals surface area contributed by atoms with Crippen LogP contribution in [0.3, 0.4) is 0 Å². The summed E-state index contributed by atoms with van der Waals surface area (Å²) in [5, 5.41) is 8.66. The molecule has 0 saturated carbocycles. The molecule has 0 bridgehead atoms. The highest BCUT2D eigenvalue weighted by Gasteiger charge is 2.17. The Hall–Kier alpha value is -3.36. The lowest BCUT2D eigenvalue weighted by molar-refractivity contribution is -0.169. The average Bonchev–Trinajstić information content (AvgIpc) is 2.82. The maximum atomic E-state index is 11.4. The van der Waals surface area contributed by atoms with Crippen LogP contribution in [0, 0.1) is 0 Å². The van der Waals surface area contributed by atoms with E-state index in [-0.39, 0.29) is 26.4 Å². The maximum Gasteiger partial charge on any atom is 0.417 e. The minimum absolute atomic E-state index is 0.00983. The highest BCUT2D eigenvalue weighted by Crippen LogP contribution is 2.12. The zero-order valence-electron chi connectivity index (χ0n) is 18.7. The predicted octanol–water partition coefficient (Wildman–Crippen LogP) is 3.06. The number of hydrogen-bond acceptors (Lipinski definition) is 8. The molecule has 8 nitrogen and oxygen atoms in total. The van der Waals surface area contributed by atoms with Crippen molar-refractivity contribution >= 4 is 11.9 Å². The molecule has 0 atom stereocenters. The molecule has 0 aliphatic carbocycles. The standard InChI is InChI=1S/C16H20O6.C8H10O2/c1-12(2)10-20-8-9-21-15(17)16(18)22-11-13-4-6-14(19-3)7-5-13;1-10-8-4-2-7(6-9)3-5-8/h4-7H,1,8-11H2,2-3H3;2-5,9H,6H2,1H3. The summed E-state index contributed by atoms with van der Waals surface area (Å²) in [5.41, 5.74) is 2.51. The van der Waals surface area contributed by atoms with Crippen molar-refractivity contribution in [3.05, 3.63) is 71.8 Å². The Morgan fingerprint density at radius 2 is 1.31 bits per heavy atom.